The van der Waals surface area contributed by atoms with E-state index in [0.29, 0.717) is 0 Å². The van der Waals surface area contributed by atoms with Gasteiger partial charge in [-0.1, -0.05) is 31.4 Å². The Morgan fingerprint density at radius 1 is 1.00 bits per heavy atom. The Morgan fingerprint density at radius 3 is 2.07 bits per heavy atom. The van der Waals surface area contributed by atoms with Crippen molar-refractivity contribution in [1.29, 1.82) is 5.26 Å². The van der Waals surface area contributed by atoms with Crippen LogP contribution in [0.25, 0.3) is 0 Å². The quantitative estimate of drug-likeness (QED) is 0.701. The zero-order valence-electron chi connectivity index (χ0n) is 8.82. The lowest BCUT2D eigenvalue weighted by molar-refractivity contribution is 0.443. The normalized spacial score (nSPS) is 16.5. The molecule has 0 N–H and O–H groups in total. The number of rotatable bonds is 1. The molecule has 15 heavy (non-hydrogen) atoms. The summed E-state index contributed by atoms with van der Waals surface area (Å²) in [5.74, 6) is 0.853. The first kappa shape index (κ1) is 12.5. The molecule has 80 valence electrons. The van der Waals surface area contributed by atoms with Gasteiger partial charge in [0.15, 0.2) is 0 Å². The molecule has 0 bridgehead atoms. The molecule has 1 aliphatic rings. The van der Waals surface area contributed by atoms with Gasteiger partial charge in [-0.3, -0.25) is 0 Å². The molecule has 2 rings (SSSR count). The van der Waals surface area contributed by atoms with Gasteiger partial charge < -0.3 is 0 Å². The molecule has 1 nitrogen and oxygen atoms in total. The number of halogens is 1. The van der Waals surface area contributed by atoms with E-state index in [9.17, 15) is 0 Å². The van der Waals surface area contributed by atoms with Gasteiger partial charge in [-0.05, 0) is 59.0 Å². The van der Waals surface area contributed by atoms with Crippen LogP contribution in [0.4, 0.5) is 0 Å². The Kier molecular flexibility index (Phi) is 5.70. The summed E-state index contributed by atoms with van der Waals surface area (Å²) < 4.78 is 1.34. The molecule has 0 aromatic heterocycles. The third kappa shape index (κ3) is 3.83. The molecular weight excluding hydrogens is 297 g/mol. The fourth-order valence-electron chi connectivity index (χ4n) is 2.17. The maximum atomic E-state index is 6.50. The predicted octanol–water partition coefficient (Wildman–Crippen LogP) is 4.48. The van der Waals surface area contributed by atoms with Gasteiger partial charge in [0, 0.05) is 10.1 Å². The maximum Gasteiger partial charge on any atom is 0.0462 e. The lowest BCUT2D eigenvalue weighted by atomic mass is 9.84. The van der Waals surface area contributed by atoms with Gasteiger partial charge in [0.05, 0.1) is 0 Å². The van der Waals surface area contributed by atoms with Crippen molar-refractivity contribution in [3.63, 3.8) is 0 Å². The molecule has 0 aliphatic heterocycles. The van der Waals surface area contributed by atoms with Crippen molar-refractivity contribution in [2.45, 2.75) is 38.0 Å². The zero-order chi connectivity index (χ0) is 11.1. The van der Waals surface area contributed by atoms with E-state index in [1.807, 2.05) is 0 Å². The average Bonchev–Trinajstić information content (AvgIpc) is 2.34. The van der Waals surface area contributed by atoms with Crippen molar-refractivity contribution in [1.82, 2.24) is 0 Å². The predicted molar refractivity (Wildman–Crippen MR) is 71.7 cm³/mol. The number of hydrogen-bond donors (Lipinski definition) is 0. The summed E-state index contributed by atoms with van der Waals surface area (Å²) in [5, 5.41) is 6.50. The molecule has 0 radical (unpaired) electrons. The Hall–Kier alpha value is -0.560. The second kappa shape index (κ2) is 6.84. The summed E-state index contributed by atoms with van der Waals surface area (Å²) in [6, 6.07) is 9.06. The molecule has 0 amide bonds. The fraction of sp³-hybridized carbons (Fsp3) is 0.462. The summed E-state index contributed by atoms with van der Waals surface area (Å²) in [7, 11) is 0. The topological polar surface area (TPSA) is 23.8 Å². The van der Waals surface area contributed by atoms with Crippen LogP contribution in [0.15, 0.2) is 24.3 Å². The van der Waals surface area contributed by atoms with Gasteiger partial charge in [-0.15, -0.1) is 0 Å². The lowest BCUT2D eigenvalue weighted by Crippen LogP contribution is -2.04. The highest BCUT2D eigenvalue weighted by Crippen LogP contribution is 2.32. The van der Waals surface area contributed by atoms with Crippen molar-refractivity contribution in [2.24, 2.45) is 0 Å². The van der Waals surface area contributed by atoms with E-state index < -0.39 is 0 Å². The van der Waals surface area contributed by atoms with Crippen molar-refractivity contribution in [2.75, 3.05) is 0 Å². The van der Waals surface area contributed by atoms with Crippen molar-refractivity contribution >= 4 is 22.6 Å². The van der Waals surface area contributed by atoms with E-state index in [-0.39, 0.29) is 0 Å². The summed E-state index contributed by atoms with van der Waals surface area (Å²) >= 11 is 2.37. The minimum Gasteiger partial charge on any atom is -0.202 e. The van der Waals surface area contributed by atoms with Crippen LogP contribution in [0.3, 0.4) is 0 Å². The second-order valence-electron chi connectivity index (χ2n) is 3.89. The molecule has 1 fully saturated rings. The molecule has 1 aromatic rings. The Balaban J connectivity index is 0.000000531. The van der Waals surface area contributed by atoms with Crippen molar-refractivity contribution in [3.05, 3.63) is 33.4 Å². The molecule has 0 atom stereocenters. The van der Waals surface area contributed by atoms with E-state index in [1.165, 1.54) is 35.7 Å². The van der Waals surface area contributed by atoms with E-state index >= 15 is 0 Å². The smallest absolute Gasteiger partial charge is 0.0462 e. The fourth-order valence-corrected chi connectivity index (χ4v) is 2.53. The summed E-state index contributed by atoms with van der Waals surface area (Å²) in [6.45, 7) is 3.50. The molecule has 0 unspecified atom stereocenters. The average molecular weight is 313 g/mol. The van der Waals surface area contributed by atoms with Gasteiger partial charge in [-0.2, -0.15) is 0 Å². The summed E-state index contributed by atoms with van der Waals surface area (Å²) in [4.78, 5) is 0. The van der Waals surface area contributed by atoms with Crippen LogP contribution in [0.1, 0.15) is 43.6 Å². The van der Waals surface area contributed by atoms with E-state index in [4.69, 9.17) is 5.26 Å². The van der Waals surface area contributed by atoms with Gasteiger partial charge in [0.25, 0.3) is 0 Å². The van der Waals surface area contributed by atoms with Crippen LogP contribution in [0, 0.1) is 15.4 Å². The number of nitrogens with zero attached hydrogens (tertiary/aromatic N) is 1. The standard InChI is InChI=1S/C12H15I.CHN/c13-12-8-6-11(7-9-12)10-4-2-1-3-5-10;1-2/h6-10H,1-5H2;1H. The van der Waals surface area contributed by atoms with Crippen LogP contribution >= 0.6 is 22.6 Å². The van der Waals surface area contributed by atoms with Crippen LogP contribution in [0.5, 0.6) is 0 Å². The zero-order valence-corrected chi connectivity index (χ0v) is 11.0. The van der Waals surface area contributed by atoms with Gasteiger partial charge in [0.1, 0.15) is 0 Å². The van der Waals surface area contributed by atoms with Crippen LogP contribution in [-0.4, -0.2) is 0 Å². The minimum atomic E-state index is 0.853. The summed E-state index contributed by atoms with van der Waals surface area (Å²) in [6.07, 6.45) is 7.11. The van der Waals surface area contributed by atoms with Crippen molar-refractivity contribution < 1.29 is 0 Å². The largest absolute Gasteiger partial charge is 0.202 e. The number of nitriles is 1. The van der Waals surface area contributed by atoms with Crippen LogP contribution in [-0.2, 0) is 0 Å². The molecule has 1 saturated carbocycles. The third-order valence-electron chi connectivity index (χ3n) is 2.95. The van der Waals surface area contributed by atoms with Crippen LogP contribution in [0.2, 0.25) is 0 Å². The Bertz CT molecular complexity index is 296. The Morgan fingerprint density at radius 2 is 1.53 bits per heavy atom. The number of hydrogen-bond acceptors (Lipinski definition) is 1. The highest BCUT2D eigenvalue weighted by Gasteiger charge is 2.14. The molecular formula is C13H16IN. The monoisotopic (exact) mass is 313 g/mol. The lowest BCUT2D eigenvalue weighted by Gasteiger charge is -2.21. The highest BCUT2D eigenvalue weighted by molar-refractivity contribution is 14.1. The number of benzene rings is 1. The van der Waals surface area contributed by atoms with Gasteiger partial charge in [-0.25, -0.2) is 5.26 Å². The van der Waals surface area contributed by atoms with E-state index in [0.717, 1.165) is 5.92 Å². The molecule has 0 spiro atoms. The minimum absolute atomic E-state index is 0.853. The molecule has 1 aromatic carbocycles. The maximum absolute atomic E-state index is 6.50. The SMILES string of the molecule is C#N.Ic1ccc(C2CCCCC2)cc1. The summed E-state index contributed by atoms with van der Waals surface area (Å²) in [5.41, 5.74) is 1.56. The van der Waals surface area contributed by atoms with E-state index in [2.05, 4.69) is 53.4 Å². The van der Waals surface area contributed by atoms with Gasteiger partial charge >= 0.3 is 0 Å². The molecule has 0 saturated heterocycles. The highest BCUT2D eigenvalue weighted by atomic mass is 127. The first-order chi connectivity index (χ1) is 7.36. The van der Waals surface area contributed by atoms with E-state index in [1.54, 1.807) is 5.56 Å². The molecule has 1 aliphatic carbocycles. The molecule has 0 heterocycles. The third-order valence-corrected chi connectivity index (χ3v) is 3.67. The van der Waals surface area contributed by atoms with Crippen LogP contribution < -0.4 is 0 Å². The molecule has 2 heteroatoms. The first-order valence-corrected chi connectivity index (χ1v) is 6.45. The first-order valence-electron chi connectivity index (χ1n) is 5.37. The Labute approximate surface area is 106 Å². The van der Waals surface area contributed by atoms with Gasteiger partial charge in [0.2, 0.25) is 0 Å². The second-order valence-corrected chi connectivity index (χ2v) is 5.13. The van der Waals surface area contributed by atoms with Crippen molar-refractivity contribution in [3.8, 4) is 6.57 Å².